The smallest absolute Gasteiger partial charge is 0.158 e. The minimum absolute atomic E-state index is 0.248. The second kappa shape index (κ2) is 6.65. The zero-order valence-electron chi connectivity index (χ0n) is 13.7. The molecule has 1 N–H and O–H groups in total. The van der Waals surface area contributed by atoms with Crippen molar-refractivity contribution in [2.24, 2.45) is 0 Å². The maximum atomic E-state index is 13.0. The van der Waals surface area contributed by atoms with Crippen molar-refractivity contribution in [1.82, 2.24) is 14.6 Å². The number of nitrogens with one attached hydrogen (secondary N) is 1. The van der Waals surface area contributed by atoms with E-state index in [4.69, 9.17) is 5.26 Å². The molecule has 0 aliphatic rings. The molecule has 0 radical (unpaired) electrons. The van der Waals surface area contributed by atoms with Gasteiger partial charge >= 0.3 is 0 Å². The molecule has 2 aromatic carbocycles. The van der Waals surface area contributed by atoms with Crippen molar-refractivity contribution in [1.29, 1.82) is 5.26 Å². The summed E-state index contributed by atoms with van der Waals surface area (Å²) in [5.41, 5.74) is 4.99. The Bertz CT molecular complexity index is 1090. The molecule has 126 valence electrons. The summed E-state index contributed by atoms with van der Waals surface area (Å²) >= 11 is 0. The standard InChI is InChI=1S/C20H14FN5/c21-17-7-3-15(4-8-17)12-23-18-9-19(26-20(10-18)24-13-25-26)16-5-1-14(11-22)2-6-16/h1-10,13,23H,12H2. The summed E-state index contributed by atoms with van der Waals surface area (Å²) in [6.07, 6.45) is 1.51. The van der Waals surface area contributed by atoms with Crippen molar-refractivity contribution in [3.63, 3.8) is 0 Å². The number of pyridine rings is 1. The molecular weight excluding hydrogens is 329 g/mol. The second-order valence-corrected chi connectivity index (χ2v) is 5.83. The fourth-order valence-corrected chi connectivity index (χ4v) is 2.75. The average Bonchev–Trinajstić information content (AvgIpc) is 3.15. The van der Waals surface area contributed by atoms with Gasteiger partial charge in [0, 0.05) is 23.9 Å². The monoisotopic (exact) mass is 343 g/mol. The maximum Gasteiger partial charge on any atom is 0.158 e. The van der Waals surface area contributed by atoms with Gasteiger partial charge in [-0.2, -0.15) is 10.4 Å². The molecule has 0 fully saturated rings. The van der Waals surface area contributed by atoms with Crippen LogP contribution in [0.4, 0.5) is 10.1 Å². The first-order valence-corrected chi connectivity index (χ1v) is 8.05. The number of hydrogen-bond acceptors (Lipinski definition) is 4. The van der Waals surface area contributed by atoms with Gasteiger partial charge in [-0.25, -0.2) is 13.9 Å². The van der Waals surface area contributed by atoms with Crippen molar-refractivity contribution in [2.45, 2.75) is 6.54 Å². The highest BCUT2D eigenvalue weighted by molar-refractivity contribution is 5.70. The molecule has 2 heterocycles. The van der Waals surface area contributed by atoms with Crippen molar-refractivity contribution in [2.75, 3.05) is 5.32 Å². The predicted molar refractivity (Wildman–Crippen MR) is 96.9 cm³/mol. The summed E-state index contributed by atoms with van der Waals surface area (Å²) in [5, 5.41) is 16.6. The SMILES string of the molecule is N#Cc1ccc(-c2cc(NCc3ccc(F)cc3)cc3ncnn23)cc1. The van der Waals surface area contributed by atoms with Gasteiger partial charge < -0.3 is 5.32 Å². The number of nitriles is 1. The Morgan fingerprint density at radius 2 is 1.81 bits per heavy atom. The van der Waals surface area contributed by atoms with Gasteiger partial charge in [0.15, 0.2) is 5.65 Å². The van der Waals surface area contributed by atoms with E-state index in [1.165, 1.54) is 18.5 Å². The topological polar surface area (TPSA) is 66.0 Å². The molecule has 0 bridgehead atoms. The molecule has 5 nitrogen and oxygen atoms in total. The first-order chi connectivity index (χ1) is 12.7. The molecular formula is C20H14FN5. The Kier molecular flexibility index (Phi) is 4.04. The second-order valence-electron chi connectivity index (χ2n) is 5.83. The fraction of sp³-hybridized carbons (Fsp3) is 0.0500. The largest absolute Gasteiger partial charge is 0.381 e. The van der Waals surface area contributed by atoms with E-state index in [1.54, 1.807) is 28.8 Å². The molecule has 0 aliphatic carbocycles. The summed E-state index contributed by atoms with van der Waals surface area (Å²) in [6.45, 7) is 0.567. The molecule has 0 unspecified atom stereocenters. The molecule has 6 heteroatoms. The van der Waals surface area contributed by atoms with Gasteiger partial charge in [0.1, 0.15) is 12.1 Å². The molecule has 0 saturated carbocycles. The van der Waals surface area contributed by atoms with E-state index >= 15 is 0 Å². The normalized spacial score (nSPS) is 10.6. The van der Waals surface area contributed by atoms with E-state index in [2.05, 4.69) is 21.5 Å². The first-order valence-electron chi connectivity index (χ1n) is 8.05. The van der Waals surface area contributed by atoms with Crippen LogP contribution in [0.1, 0.15) is 11.1 Å². The van der Waals surface area contributed by atoms with Gasteiger partial charge in [-0.15, -0.1) is 0 Å². The zero-order valence-corrected chi connectivity index (χ0v) is 13.7. The summed E-state index contributed by atoms with van der Waals surface area (Å²) in [5.74, 6) is -0.248. The average molecular weight is 343 g/mol. The molecule has 0 aliphatic heterocycles. The van der Waals surface area contributed by atoms with Crippen molar-refractivity contribution in [3.8, 4) is 17.3 Å². The number of fused-ring (bicyclic) bond motifs is 1. The Morgan fingerprint density at radius 1 is 1.04 bits per heavy atom. The highest BCUT2D eigenvalue weighted by atomic mass is 19.1. The molecule has 0 spiro atoms. The molecule has 4 rings (SSSR count). The van der Waals surface area contributed by atoms with Crippen molar-refractivity contribution >= 4 is 11.3 Å². The van der Waals surface area contributed by atoms with Crippen LogP contribution in [-0.2, 0) is 6.54 Å². The Labute approximate surface area is 149 Å². The number of nitrogens with zero attached hydrogens (tertiary/aromatic N) is 4. The van der Waals surface area contributed by atoms with Crippen LogP contribution in [0.25, 0.3) is 16.9 Å². The molecule has 2 aromatic heterocycles. The van der Waals surface area contributed by atoms with Gasteiger partial charge in [-0.05, 0) is 35.9 Å². The number of hydrogen-bond donors (Lipinski definition) is 1. The molecule has 0 amide bonds. The van der Waals surface area contributed by atoms with E-state index in [1.807, 2.05) is 24.3 Å². The number of anilines is 1. The first kappa shape index (κ1) is 15.8. The number of aromatic nitrogens is 3. The minimum Gasteiger partial charge on any atom is -0.381 e. The van der Waals surface area contributed by atoms with Crippen LogP contribution >= 0.6 is 0 Å². The van der Waals surface area contributed by atoms with E-state index in [9.17, 15) is 4.39 Å². The summed E-state index contributed by atoms with van der Waals surface area (Å²) in [4.78, 5) is 4.28. The lowest BCUT2D eigenvalue weighted by molar-refractivity contribution is 0.627. The van der Waals surface area contributed by atoms with Crippen LogP contribution in [0.5, 0.6) is 0 Å². The van der Waals surface area contributed by atoms with Crippen LogP contribution < -0.4 is 5.32 Å². The minimum atomic E-state index is -0.248. The lowest BCUT2D eigenvalue weighted by Crippen LogP contribution is -2.02. The van der Waals surface area contributed by atoms with Gasteiger partial charge in [0.2, 0.25) is 0 Å². The number of halogens is 1. The van der Waals surface area contributed by atoms with Crippen LogP contribution in [0, 0.1) is 17.1 Å². The molecule has 26 heavy (non-hydrogen) atoms. The zero-order chi connectivity index (χ0) is 17.9. The summed E-state index contributed by atoms with van der Waals surface area (Å²) in [7, 11) is 0. The Hall–Kier alpha value is -3.72. The Morgan fingerprint density at radius 3 is 2.54 bits per heavy atom. The maximum absolute atomic E-state index is 13.0. The van der Waals surface area contributed by atoms with E-state index in [-0.39, 0.29) is 5.82 Å². The summed E-state index contributed by atoms with van der Waals surface area (Å²) < 4.78 is 14.8. The lowest BCUT2D eigenvalue weighted by Gasteiger charge is -2.11. The lowest BCUT2D eigenvalue weighted by atomic mass is 10.1. The molecule has 0 atom stereocenters. The van der Waals surface area contributed by atoms with Crippen LogP contribution in [0.3, 0.4) is 0 Å². The van der Waals surface area contributed by atoms with Crippen LogP contribution in [0.15, 0.2) is 67.0 Å². The number of benzene rings is 2. The van der Waals surface area contributed by atoms with Gasteiger partial charge in [0.05, 0.1) is 17.3 Å². The van der Waals surface area contributed by atoms with E-state index in [0.717, 1.165) is 22.5 Å². The van der Waals surface area contributed by atoms with Crippen molar-refractivity contribution in [3.05, 3.63) is 83.9 Å². The van der Waals surface area contributed by atoms with Gasteiger partial charge in [-0.3, -0.25) is 0 Å². The quantitative estimate of drug-likeness (QED) is 0.608. The van der Waals surface area contributed by atoms with Crippen LogP contribution in [-0.4, -0.2) is 14.6 Å². The fourth-order valence-electron chi connectivity index (χ4n) is 2.75. The molecule has 4 aromatic rings. The summed E-state index contributed by atoms with van der Waals surface area (Å²) in [6, 6.07) is 19.7. The van der Waals surface area contributed by atoms with Crippen molar-refractivity contribution < 1.29 is 4.39 Å². The highest BCUT2D eigenvalue weighted by Crippen LogP contribution is 2.25. The van der Waals surface area contributed by atoms with Crippen LogP contribution in [0.2, 0.25) is 0 Å². The van der Waals surface area contributed by atoms with Gasteiger partial charge in [-0.1, -0.05) is 24.3 Å². The third-order valence-electron chi connectivity index (χ3n) is 4.10. The highest BCUT2D eigenvalue weighted by Gasteiger charge is 2.08. The van der Waals surface area contributed by atoms with E-state index in [0.29, 0.717) is 17.8 Å². The third-order valence-corrected chi connectivity index (χ3v) is 4.10. The predicted octanol–water partition coefficient (Wildman–Crippen LogP) is 4.02. The number of rotatable bonds is 4. The Balaban J connectivity index is 1.67. The van der Waals surface area contributed by atoms with E-state index < -0.39 is 0 Å². The third kappa shape index (κ3) is 3.10. The molecule has 0 saturated heterocycles. The van der Waals surface area contributed by atoms with Gasteiger partial charge in [0.25, 0.3) is 0 Å².